The molecule has 0 spiro atoms. The van der Waals surface area contributed by atoms with Gasteiger partial charge in [-0.15, -0.1) is 0 Å². The molecule has 40 valence electrons. The number of hydrogen-bond acceptors (Lipinski definition) is 3. The van der Waals surface area contributed by atoms with Crippen LogP contribution in [-0.2, 0) is 0 Å². The molecule has 1 heterocycles. The number of nitroso groups, excluding NO2 is 1. The molecular formula is C4H8N2O. The van der Waals surface area contributed by atoms with E-state index in [1.54, 1.807) is 0 Å². The SMILES string of the molecule is CN1CC(N=O)C1. The summed E-state index contributed by atoms with van der Waals surface area (Å²) in [5.74, 6) is 0. The molecule has 1 aliphatic rings. The minimum Gasteiger partial charge on any atom is -0.302 e. The lowest BCUT2D eigenvalue weighted by Gasteiger charge is -2.30. The highest BCUT2D eigenvalue weighted by molar-refractivity contribution is 4.82. The number of hydrogen-bond donors (Lipinski definition) is 0. The van der Waals surface area contributed by atoms with Gasteiger partial charge in [-0.3, -0.25) is 0 Å². The quantitative estimate of drug-likeness (QED) is 0.437. The lowest BCUT2D eigenvalue weighted by Crippen LogP contribution is -2.46. The van der Waals surface area contributed by atoms with Gasteiger partial charge >= 0.3 is 0 Å². The summed E-state index contributed by atoms with van der Waals surface area (Å²) in [7, 11) is 1.97. The molecule has 0 saturated carbocycles. The Morgan fingerprint density at radius 2 is 2.29 bits per heavy atom. The van der Waals surface area contributed by atoms with Gasteiger partial charge in [0.1, 0.15) is 6.04 Å². The Kier molecular flexibility index (Phi) is 1.06. The second-order valence-electron chi connectivity index (χ2n) is 1.98. The number of nitrogens with zero attached hydrogens (tertiary/aromatic N) is 2. The van der Waals surface area contributed by atoms with Crippen molar-refractivity contribution >= 4 is 0 Å². The molecule has 3 nitrogen and oxygen atoms in total. The summed E-state index contributed by atoms with van der Waals surface area (Å²) in [6.45, 7) is 1.70. The summed E-state index contributed by atoms with van der Waals surface area (Å²) >= 11 is 0. The maximum absolute atomic E-state index is 9.66. The second kappa shape index (κ2) is 1.58. The first-order valence-electron chi connectivity index (χ1n) is 2.34. The van der Waals surface area contributed by atoms with E-state index in [9.17, 15) is 4.91 Å². The molecule has 0 bridgehead atoms. The highest BCUT2D eigenvalue weighted by Gasteiger charge is 2.22. The summed E-state index contributed by atoms with van der Waals surface area (Å²) in [5, 5.41) is 2.85. The van der Waals surface area contributed by atoms with Crippen molar-refractivity contribution < 1.29 is 0 Å². The molecular weight excluding hydrogens is 92.1 g/mol. The molecule has 1 fully saturated rings. The number of likely N-dealkylation sites (N-methyl/N-ethyl adjacent to an activating group) is 1. The van der Waals surface area contributed by atoms with Crippen LogP contribution in [0, 0.1) is 4.91 Å². The average molecular weight is 100 g/mol. The largest absolute Gasteiger partial charge is 0.302 e. The van der Waals surface area contributed by atoms with Crippen LogP contribution in [0.15, 0.2) is 5.18 Å². The van der Waals surface area contributed by atoms with Gasteiger partial charge < -0.3 is 4.90 Å². The summed E-state index contributed by atoms with van der Waals surface area (Å²) in [5.41, 5.74) is 0. The van der Waals surface area contributed by atoms with E-state index in [0.717, 1.165) is 13.1 Å². The number of rotatable bonds is 1. The predicted octanol–water partition coefficient (Wildman–Crippen LogP) is 0.0668. The molecule has 0 atom stereocenters. The standard InChI is InChI=1S/C4H8N2O/c1-6-2-4(3-6)5-7/h4H,2-3H2,1H3. The van der Waals surface area contributed by atoms with Crippen molar-refractivity contribution in [2.45, 2.75) is 6.04 Å². The smallest absolute Gasteiger partial charge is 0.117 e. The Morgan fingerprint density at radius 3 is 2.43 bits per heavy atom. The van der Waals surface area contributed by atoms with Crippen molar-refractivity contribution in [1.29, 1.82) is 0 Å². The van der Waals surface area contributed by atoms with Crippen molar-refractivity contribution in [1.82, 2.24) is 4.90 Å². The minimum absolute atomic E-state index is 0.0880. The van der Waals surface area contributed by atoms with Gasteiger partial charge in [-0.05, 0) is 7.05 Å². The normalized spacial score (nSPS) is 24.1. The first kappa shape index (κ1) is 4.71. The molecule has 0 unspecified atom stereocenters. The van der Waals surface area contributed by atoms with E-state index >= 15 is 0 Å². The fourth-order valence-electron chi connectivity index (χ4n) is 0.733. The van der Waals surface area contributed by atoms with Gasteiger partial charge in [0.15, 0.2) is 0 Å². The topological polar surface area (TPSA) is 32.7 Å². The van der Waals surface area contributed by atoms with Crippen molar-refractivity contribution in [2.75, 3.05) is 20.1 Å². The molecule has 1 aliphatic heterocycles. The Morgan fingerprint density at radius 1 is 1.71 bits per heavy atom. The Bertz CT molecular complexity index is 77.8. The van der Waals surface area contributed by atoms with Crippen molar-refractivity contribution in [2.24, 2.45) is 5.18 Å². The zero-order valence-corrected chi connectivity index (χ0v) is 4.29. The van der Waals surface area contributed by atoms with Crippen molar-refractivity contribution in [3.05, 3.63) is 4.91 Å². The van der Waals surface area contributed by atoms with Crippen molar-refractivity contribution in [3.8, 4) is 0 Å². The van der Waals surface area contributed by atoms with E-state index in [1.807, 2.05) is 7.05 Å². The van der Waals surface area contributed by atoms with E-state index in [4.69, 9.17) is 0 Å². The van der Waals surface area contributed by atoms with Crippen LogP contribution < -0.4 is 0 Å². The van der Waals surface area contributed by atoms with Gasteiger partial charge in [-0.25, -0.2) is 0 Å². The Hall–Kier alpha value is -0.440. The zero-order valence-electron chi connectivity index (χ0n) is 4.29. The third-order valence-corrected chi connectivity index (χ3v) is 1.19. The van der Waals surface area contributed by atoms with Gasteiger partial charge in [-0.2, -0.15) is 4.91 Å². The Balaban J connectivity index is 2.17. The van der Waals surface area contributed by atoms with Gasteiger partial charge in [0, 0.05) is 13.1 Å². The van der Waals surface area contributed by atoms with Crippen LogP contribution in [0.25, 0.3) is 0 Å². The molecule has 1 rings (SSSR count). The van der Waals surface area contributed by atoms with Gasteiger partial charge in [0.25, 0.3) is 0 Å². The van der Waals surface area contributed by atoms with E-state index in [0.29, 0.717) is 0 Å². The van der Waals surface area contributed by atoms with Gasteiger partial charge in [0.2, 0.25) is 0 Å². The van der Waals surface area contributed by atoms with Crippen molar-refractivity contribution in [3.63, 3.8) is 0 Å². The zero-order chi connectivity index (χ0) is 5.28. The molecule has 7 heavy (non-hydrogen) atoms. The molecule has 0 amide bonds. The fourth-order valence-corrected chi connectivity index (χ4v) is 0.733. The fraction of sp³-hybridized carbons (Fsp3) is 1.00. The third kappa shape index (κ3) is 0.771. The molecule has 0 aromatic carbocycles. The summed E-state index contributed by atoms with van der Waals surface area (Å²) in [6.07, 6.45) is 0. The lowest BCUT2D eigenvalue weighted by molar-refractivity contribution is 0.192. The first-order valence-corrected chi connectivity index (χ1v) is 2.34. The van der Waals surface area contributed by atoms with Crippen LogP contribution >= 0.6 is 0 Å². The molecule has 0 aromatic heterocycles. The average Bonchev–Trinajstić information content (AvgIpc) is 1.58. The summed E-state index contributed by atoms with van der Waals surface area (Å²) in [4.78, 5) is 11.7. The van der Waals surface area contributed by atoms with E-state index < -0.39 is 0 Å². The van der Waals surface area contributed by atoms with Crippen LogP contribution in [0.1, 0.15) is 0 Å². The van der Waals surface area contributed by atoms with Crippen LogP contribution in [0.2, 0.25) is 0 Å². The van der Waals surface area contributed by atoms with E-state index in [-0.39, 0.29) is 6.04 Å². The first-order chi connectivity index (χ1) is 3.33. The highest BCUT2D eigenvalue weighted by Crippen LogP contribution is 2.06. The summed E-state index contributed by atoms with van der Waals surface area (Å²) in [6, 6.07) is 0.0880. The van der Waals surface area contributed by atoms with E-state index in [1.165, 1.54) is 0 Å². The van der Waals surface area contributed by atoms with Crippen LogP contribution in [0.5, 0.6) is 0 Å². The Labute approximate surface area is 42.3 Å². The third-order valence-electron chi connectivity index (χ3n) is 1.19. The minimum atomic E-state index is 0.0880. The molecule has 0 aliphatic carbocycles. The highest BCUT2D eigenvalue weighted by atomic mass is 16.3. The molecule has 0 radical (unpaired) electrons. The maximum Gasteiger partial charge on any atom is 0.117 e. The van der Waals surface area contributed by atoms with Crippen LogP contribution in [0.4, 0.5) is 0 Å². The second-order valence-corrected chi connectivity index (χ2v) is 1.98. The predicted molar refractivity (Wildman–Crippen MR) is 27.1 cm³/mol. The lowest BCUT2D eigenvalue weighted by atomic mass is 10.2. The molecule has 3 heteroatoms. The van der Waals surface area contributed by atoms with Crippen LogP contribution in [-0.4, -0.2) is 31.1 Å². The number of likely N-dealkylation sites (tertiary alicyclic amines) is 1. The van der Waals surface area contributed by atoms with Gasteiger partial charge in [0.05, 0.1) is 0 Å². The molecule has 0 N–H and O–H groups in total. The summed E-state index contributed by atoms with van der Waals surface area (Å²) < 4.78 is 0. The molecule has 1 saturated heterocycles. The van der Waals surface area contributed by atoms with E-state index in [2.05, 4.69) is 10.1 Å². The molecule has 0 aromatic rings. The van der Waals surface area contributed by atoms with Gasteiger partial charge in [-0.1, -0.05) is 5.18 Å². The van der Waals surface area contributed by atoms with Crippen LogP contribution in [0.3, 0.4) is 0 Å². The monoisotopic (exact) mass is 100 g/mol. The maximum atomic E-state index is 9.66.